The molecule has 0 saturated heterocycles. The second-order valence-corrected chi connectivity index (χ2v) is 4.87. The van der Waals surface area contributed by atoms with Gasteiger partial charge in [-0.1, -0.05) is 0 Å². The molecule has 106 valence electrons. The second kappa shape index (κ2) is 6.50. The highest BCUT2D eigenvalue weighted by molar-refractivity contribution is 6.22. The maximum absolute atomic E-state index is 11.7. The fourth-order valence-corrected chi connectivity index (χ4v) is 2.03. The lowest BCUT2D eigenvalue weighted by Crippen LogP contribution is -2.43. The fraction of sp³-hybridized carbons (Fsp3) is 0.643. The Balaban J connectivity index is 5.13. The van der Waals surface area contributed by atoms with Crippen LogP contribution in [0, 0.1) is 11.3 Å². The van der Waals surface area contributed by atoms with Gasteiger partial charge in [0.15, 0.2) is 17.3 Å². The third kappa shape index (κ3) is 3.66. The maximum Gasteiger partial charge on any atom is 0.150 e. The Morgan fingerprint density at radius 2 is 1.21 bits per heavy atom. The molecule has 5 nitrogen and oxygen atoms in total. The number of rotatable bonds is 8. The van der Waals surface area contributed by atoms with Crippen LogP contribution in [0.1, 0.15) is 47.5 Å². The topological polar surface area (TPSA) is 85.3 Å². The van der Waals surface area contributed by atoms with E-state index in [9.17, 15) is 24.0 Å². The molecule has 5 heteroatoms. The van der Waals surface area contributed by atoms with E-state index in [1.54, 1.807) is 0 Å². The fourth-order valence-electron chi connectivity index (χ4n) is 2.03. The van der Waals surface area contributed by atoms with Crippen molar-refractivity contribution in [3.05, 3.63) is 0 Å². The zero-order valence-electron chi connectivity index (χ0n) is 12.0. The largest absolute Gasteiger partial charge is 0.299 e. The molecule has 1 unspecified atom stereocenters. The lowest BCUT2D eigenvalue weighted by molar-refractivity contribution is -0.147. The van der Waals surface area contributed by atoms with Crippen LogP contribution in [0.25, 0.3) is 0 Å². The smallest absolute Gasteiger partial charge is 0.150 e. The van der Waals surface area contributed by atoms with Crippen molar-refractivity contribution in [3.8, 4) is 0 Å². The molecular formula is C14H20O5. The van der Waals surface area contributed by atoms with Crippen LogP contribution >= 0.6 is 0 Å². The molecule has 0 N–H and O–H groups in total. The summed E-state index contributed by atoms with van der Waals surface area (Å²) in [5.41, 5.74) is -1.74. The first-order valence-electron chi connectivity index (χ1n) is 6.13. The van der Waals surface area contributed by atoms with Gasteiger partial charge in [0.05, 0.1) is 5.92 Å². The van der Waals surface area contributed by atoms with Crippen molar-refractivity contribution in [2.45, 2.75) is 47.5 Å². The highest BCUT2D eigenvalue weighted by Gasteiger charge is 2.45. The predicted molar refractivity (Wildman–Crippen MR) is 68.6 cm³/mol. The van der Waals surface area contributed by atoms with Crippen LogP contribution in [0.2, 0.25) is 0 Å². The molecule has 0 aliphatic carbocycles. The molecule has 0 rings (SSSR count). The minimum atomic E-state index is -1.74. The molecule has 1 atom stereocenters. The van der Waals surface area contributed by atoms with E-state index < -0.39 is 28.7 Å². The summed E-state index contributed by atoms with van der Waals surface area (Å²) < 4.78 is 0. The van der Waals surface area contributed by atoms with E-state index >= 15 is 0 Å². The van der Waals surface area contributed by atoms with Gasteiger partial charge in [-0.25, -0.2) is 0 Å². The molecule has 0 fully saturated rings. The molecule has 0 amide bonds. The summed E-state index contributed by atoms with van der Waals surface area (Å²) in [5.74, 6) is -3.09. The van der Waals surface area contributed by atoms with E-state index in [-0.39, 0.29) is 24.4 Å². The molecule has 0 saturated carbocycles. The van der Waals surface area contributed by atoms with E-state index in [4.69, 9.17) is 0 Å². The molecule has 0 aliphatic rings. The number of hydrogen-bond donors (Lipinski definition) is 0. The van der Waals surface area contributed by atoms with Crippen LogP contribution in [0.5, 0.6) is 0 Å². The molecule has 0 spiro atoms. The molecule has 0 aromatic heterocycles. The van der Waals surface area contributed by atoms with Crippen LogP contribution in [-0.4, -0.2) is 28.9 Å². The van der Waals surface area contributed by atoms with E-state index in [0.29, 0.717) is 0 Å². The van der Waals surface area contributed by atoms with E-state index in [1.807, 2.05) is 0 Å². The summed E-state index contributed by atoms with van der Waals surface area (Å²) in [6.07, 6.45) is -0.303. The van der Waals surface area contributed by atoms with E-state index in [0.717, 1.165) is 0 Å². The molecule has 0 bridgehead atoms. The van der Waals surface area contributed by atoms with Gasteiger partial charge in [0, 0.05) is 6.42 Å². The van der Waals surface area contributed by atoms with Crippen molar-refractivity contribution in [1.82, 2.24) is 0 Å². The van der Waals surface area contributed by atoms with E-state index in [2.05, 4.69) is 0 Å². The van der Waals surface area contributed by atoms with Gasteiger partial charge >= 0.3 is 0 Å². The first kappa shape index (κ1) is 17.4. The molecule has 0 radical (unpaired) electrons. The van der Waals surface area contributed by atoms with Crippen LogP contribution < -0.4 is 0 Å². The Morgan fingerprint density at radius 3 is 1.47 bits per heavy atom. The van der Waals surface area contributed by atoms with Crippen molar-refractivity contribution in [2.24, 2.45) is 11.3 Å². The van der Waals surface area contributed by atoms with Crippen molar-refractivity contribution in [1.29, 1.82) is 0 Å². The zero-order valence-corrected chi connectivity index (χ0v) is 12.0. The standard InChI is InChI=1S/C14H20O5/c1-8(9(2)15)13(19)6-7-14(10(3)16,11(4)17)12(5)18/h8H,6-7H2,1-5H3. The predicted octanol–water partition coefficient (Wildman–Crippen LogP) is 1.31. The molecular weight excluding hydrogens is 248 g/mol. The molecule has 0 heterocycles. The number of carbonyl (C=O) groups excluding carboxylic acids is 5. The van der Waals surface area contributed by atoms with Gasteiger partial charge in [-0.15, -0.1) is 0 Å². The Hall–Kier alpha value is -1.65. The van der Waals surface area contributed by atoms with Gasteiger partial charge in [-0.2, -0.15) is 0 Å². The molecule has 19 heavy (non-hydrogen) atoms. The Labute approximate surface area is 112 Å². The van der Waals surface area contributed by atoms with Crippen molar-refractivity contribution < 1.29 is 24.0 Å². The van der Waals surface area contributed by atoms with Crippen LogP contribution in [0.4, 0.5) is 0 Å². The second-order valence-electron chi connectivity index (χ2n) is 4.87. The minimum absolute atomic E-state index is 0.139. The van der Waals surface area contributed by atoms with Gasteiger partial charge in [0.1, 0.15) is 17.0 Å². The molecule has 0 aromatic rings. The van der Waals surface area contributed by atoms with Crippen molar-refractivity contribution >= 4 is 28.9 Å². The summed E-state index contributed by atoms with van der Waals surface area (Å²) in [7, 11) is 0. The van der Waals surface area contributed by atoms with Gasteiger partial charge < -0.3 is 0 Å². The van der Waals surface area contributed by atoms with E-state index in [1.165, 1.54) is 34.6 Å². The lowest BCUT2D eigenvalue weighted by Gasteiger charge is -2.25. The number of ketones is 5. The number of carbonyl (C=O) groups is 5. The van der Waals surface area contributed by atoms with Crippen LogP contribution in [0.15, 0.2) is 0 Å². The third-order valence-electron chi connectivity index (χ3n) is 3.64. The van der Waals surface area contributed by atoms with Gasteiger partial charge in [-0.05, 0) is 41.0 Å². The first-order valence-corrected chi connectivity index (χ1v) is 6.13. The van der Waals surface area contributed by atoms with Gasteiger partial charge in [0.2, 0.25) is 0 Å². The van der Waals surface area contributed by atoms with Gasteiger partial charge in [0.25, 0.3) is 0 Å². The molecule has 0 aliphatic heterocycles. The Morgan fingerprint density at radius 1 is 0.842 bits per heavy atom. The monoisotopic (exact) mass is 268 g/mol. The average Bonchev–Trinajstić information content (AvgIpc) is 2.26. The summed E-state index contributed by atoms with van der Waals surface area (Å²) in [4.78, 5) is 57.8. The first-order chi connectivity index (χ1) is 8.57. The number of Topliss-reactive ketones (excluding diaryl/α,β-unsaturated/α-hetero) is 5. The Kier molecular flexibility index (Phi) is 5.93. The summed E-state index contributed by atoms with van der Waals surface area (Å²) in [6.45, 7) is 6.28. The summed E-state index contributed by atoms with van der Waals surface area (Å²) >= 11 is 0. The highest BCUT2D eigenvalue weighted by Crippen LogP contribution is 2.29. The summed E-state index contributed by atoms with van der Waals surface area (Å²) in [6, 6.07) is 0. The van der Waals surface area contributed by atoms with Crippen LogP contribution in [-0.2, 0) is 24.0 Å². The quantitative estimate of drug-likeness (QED) is 0.620. The Bertz CT molecular complexity index is 397. The van der Waals surface area contributed by atoms with Crippen molar-refractivity contribution in [2.75, 3.05) is 0 Å². The SMILES string of the molecule is CC(=O)C(C)C(=O)CCC(C(C)=O)(C(C)=O)C(C)=O. The zero-order chi connectivity index (χ0) is 15.4. The van der Waals surface area contributed by atoms with Gasteiger partial charge in [-0.3, -0.25) is 24.0 Å². The van der Waals surface area contributed by atoms with Crippen LogP contribution in [0.3, 0.4) is 0 Å². The summed E-state index contributed by atoms with van der Waals surface area (Å²) in [5, 5.41) is 0. The third-order valence-corrected chi connectivity index (χ3v) is 3.64. The minimum Gasteiger partial charge on any atom is -0.299 e. The van der Waals surface area contributed by atoms with Crippen molar-refractivity contribution in [3.63, 3.8) is 0 Å². The highest BCUT2D eigenvalue weighted by atomic mass is 16.2. The lowest BCUT2D eigenvalue weighted by atomic mass is 9.72. The molecule has 0 aromatic carbocycles. The number of hydrogen-bond acceptors (Lipinski definition) is 5. The average molecular weight is 268 g/mol. The maximum atomic E-state index is 11.7. The normalized spacial score (nSPS) is 12.7.